The van der Waals surface area contributed by atoms with Gasteiger partial charge in [-0.2, -0.15) is 0 Å². The van der Waals surface area contributed by atoms with Crippen LogP contribution < -0.4 is 5.73 Å². The number of hydrogen-bond donors (Lipinski definition) is 2. The van der Waals surface area contributed by atoms with Crippen LogP contribution in [0.3, 0.4) is 0 Å². The van der Waals surface area contributed by atoms with Gasteiger partial charge in [-0.3, -0.25) is 4.79 Å². The molecule has 4 fully saturated rings. The van der Waals surface area contributed by atoms with Gasteiger partial charge >= 0.3 is 6.09 Å². The Bertz CT molecular complexity index is 581. The monoisotopic (exact) mass is 640 g/mol. The number of nitrogens with two attached hydrogens (primary N) is 1. The molecule has 1 unspecified atom stereocenters. The second-order valence-electron chi connectivity index (χ2n) is 10.0. The molecule has 4 saturated carbocycles. The molecule has 0 aliphatic heterocycles. The van der Waals surface area contributed by atoms with Crippen molar-refractivity contribution >= 4 is 11.9 Å². The number of rotatable bonds is 1. The van der Waals surface area contributed by atoms with Crippen molar-refractivity contribution in [2.75, 3.05) is 0 Å². The summed E-state index contributed by atoms with van der Waals surface area (Å²) in [6, 6.07) is 0. The number of carbonyl (C=O) groups excluding carboxylic acids is 1. The fourth-order valence-corrected chi connectivity index (χ4v) is 7.96. The molecule has 4 aliphatic rings. The Morgan fingerprint density at radius 1 is 0.929 bits per heavy atom. The molecule has 1 amide bonds. The van der Waals surface area contributed by atoms with E-state index in [9.17, 15) is 4.79 Å². The number of carbonyl (C=O) groups is 2. The Labute approximate surface area is 213 Å². The minimum atomic E-state index is -1.33. The number of primary amides is 1. The first kappa shape index (κ1) is 26.8. The predicted octanol–water partition coefficient (Wildman–Crippen LogP) is 5.73. The molecular weight excluding hydrogens is 599 g/mol. The largest absolute Gasteiger partial charge is 0.465 e. The molecule has 0 heterocycles. The van der Waals surface area contributed by atoms with Crippen LogP contribution in [0, 0.1) is 40.4 Å². The molecule has 28 heavy (non-hydrogen) atoms. The molecule has 7 atom stereocenters. The van der Waals surface area contributed by atoms with Crippen LogP contribution in [-0.4, -0.2) is 17.0 Å². The molecule has 4 aliphatic carbocycles. The predicted molar refractivity (Wildman–Crippen MR) is 107 cm³/mol. The van der Waals surface area contributed by atoms with Crippen LogP contribution in [0.1, 0.15) is 87.8 Å². The summed E-state index contributed by atoms with van der Waals surface area (Å²) in [6.07, 6.45) is 12.8. The molecule has 0 spiro atoms. The van der Waals surface area contributed by atoms with E-state index in [2.05, 4.69) is 19.6 Å². The topological polar surface area (TPSA) is 80.4 Å². The summed E-state index contributed by atoms with van der Waals surface area (Å²) in [7, 11) is 0. The maximum atomic E-state index is 12.2. The first-order valence-corrected chi connectivity index (χ1v) is 10.7. The first-order valence-electron chi connectivity index (χ1n) is 10.7. The molecule has 0 bridgehead atoms. The van der Waals surface area contributed by atoms with Gasteiger partial charge in [-0.15, -0.1) is 0 Å². The van der Waals surface area contributed by atoms with Gasteiger partial charge in [0.15, 0.2) is 0 Å². The minimum Gasteiger partial charge on any atom is -0.465 e. The molecule has 4 rings (SSSR count). The standard InChI is InChI=1S/C21H34O.CH3NO2.W.Y.2H2/c1-14(22)17-9-10-18-16-8-7-15-6-4-5-12-20(15,2)19(16)11-13-21(17,18)3;2-1(3)4;;;;/h15-19H,4-13H2,1-3H3;2H2,(H,3,4);;;2*1H/t15-,16+,17-,18+,19?,20+,21-;;;;;/m1...../s1. The van der Waals surface area contributed by atoms with E-state index in [4.69, 9.17) is 9.90 Å². The molecule has 0 aromatic carbocycles. The molecule has 6 heteroatoms. The van der Waals surface area contributed by atoms with Crippen molar-refractivity contribution in [1.82, 2.24) is 0 Å². The zero-order valence-electron chi connectivity index (χ0n) is 17.8. The summed E-state index contributed by atoms with van der Waals surface area (Å²) < 4.78 is 0. The molecule has 1 radical (unpaired) electrons. The van der Waals surface area contributed by atoms with Crippen molar-refractivity contribution in [2.45, 2.75) is 85.0 Å². The third-order valence-electron chi connectivity index (χ3n) is 9.07. The average Bonchev–Trinajstić information content (AvgIpc) is 2.91. The maximum absolute atomic E-state index is 12.2. The van der Waals surface area contributed by atoms with Crippen LogP contribution in [0.5, 0.6) is 0 Å². The number of fused-ring (bicyclic) bond motifs is 5. The van der Waals surface area contributed by atoms with Gasteiger partial charge in [-0.25, -0.2) is 4.79 Å². The van der Waals surface area contributed by atoms with Crippen molar-refractivity contribution in [1.29, 1.82) is 0 Å². The van der Waals surface area contributed by atoms with E-state index in [0.29, 0.717) is 22.5 Å². The van der Waals surface area contributed by atoms with Gasteiger partial charge in [-0.1, -0.05) is 26.7 Å². The van der Waals surface area contributed by atoms with Crippen molar-refractivity contribution in [3.05, 3.63) is 0 Å². The van der Waals surface area contributed by atoms with Gasteiger partial charge < -0.3 is 10.8 Å². The summed E-state index contributed by atoms with van der Waals surface area (Å²) in [5.41, 5.74) is 5.00. The van der Waals surface area contributed by atoms with Crippen LogP contribution in [0.2, 0.25) is 0 Å². The van der Waals surface area contributed by atoms with Crippen LogP contribution in [0.15, 0.2) is 0 Å². The Morgan fingerprint density at radius 3 is 2.14 bits per heavy atom. The molecule has 0 aromatic heterocycles. The summed E-state index contributed by atoms with van der Waals surface area (Å²) in [5.74, 6) is 4.60. The molecular formula is C22H41NO3WY. The van der Waals surface area contributed by atoms with Gasteiger partial charge in [0.2, 0.25) is 0 Å². The third kappa shape index (κ3) is 4.80. The minimum absolute atomic E-state index is 0. The first-order chi connectivity index (χ1) is 12.2. The zero-order valence-corrected chi connectivity index (χ0v) is 23.6. The van der Waals surface area contributed by atoms with Gasteiger partial charge in [0.05, 0.1) is 0 Å². The van der Waals surface area contributed by atoms with Crippen molar-refractivity contribution in [3.8, 4) is 0 Å². The molecule has 4 nitrogen and oxygen atoms in total. The fourth-order valence-electron chi connectivity index (χ4n) is 7.96. The second kappa shape index (κ2) is 10.4. The number of amides is 1. The van der Waals surface area contributed by atoms with Crippen LogP contribution in [0.25, 0.3) is 0 Å². The van der Waals surface area contributed by atoms with Gasteiger partial charge in [0.25, 0.3) is 0 Å². The maximum Gasteiger partial charge on any atom is 0.402 e. The Kier molecular flexibility index (Phi) is 9.91. The zero-order chi connectivity index (χ0) is 19.1. The van der Waals surface area contributed by atoms with E-state index < -0.39 is 6.09 Å². The van der Waals surface area contributed by atoms with Gasteiger partial charge in [0.1, 0.15) is 5.78 Å². The smallest absolute Gasteiger partial charge is 0.402 e. The van der Waals surface area contributed by atoms with E-state index in [-0.39, 0.29) is 56.6 Å². The second-order valence-corrected chi connectivity index (χ2v) is 10.0. The van der Waals surface area contributed by atoms with Crippen molar-refractivity contribution < 1.29 is 71.3 Å². The number of ketones is 1. The number of hydrogen-bond acceptors (Lipinski definition) is 2. The van der Waals surface area contributed by atoms with Crippen molar-refractivity contribution in [3.63, 3.8) is 0 Å². The summed E-state index contributed by atoms with van der Waals surface area (Å²) >= 11 is 0. The van der Waals surface area contributed by atoms with Crippen LogP contribution in [-0.2, 0) is 58.6 Å². The fraction of sp³-hybridized carbons (Fsp3) is 0.909. The van der Waals surface area contributed by atoms with E-state index in [1.807, 2.05) is 6.92 Å². The number of carboxylic acid groups (broad SMARTS) is 1. The summed E-state index contributed by atoms with van der Waals surface area (Å²) in [4.78, 5) is 20.9. The summed E-state index contributed by atoms with van der Waals surface area (Å²) in [5, 5.41) is 7.19. The molecule has 0 aromatic rings. The van der Waals surface area contributed by atoms with Gasteiger partial charge in [0, 0.05) is 62.5 Å². The van der Waals surface area contributed by atoms with Gasteiger partial charge in [-0.05, 0) is 92.8 Å². The van der Waals surface area contributed by atoms with E-state index >= 15 is 0 Å². The average molecular weight is 640 g/mol. The Hall–Kier alpha value is 0.732. The molecule has 161 valence electrons. The molecule has 3 N–H and O–H groups in total. The van der Waals surface area contributed by atoms with E-state index in [1.54, 1.807) is 0 Å². The van der Waals surface area contributed by atoms with Crippen LogP contribution >= 0.6 is 0 Å². The quantitative estimate of drug-likeness (QED) is 0.384. The normalized spacial score (nSPS) is 43.5. The summed E-state index contributed by atoms with van der Waals surface area (Å²) in [6.45, 7) is 6.97. The Balaban J connectivity index is 0. The third-order valence-corrected chi connectivity index (χ3v) is 9.07. The van der Waals surface area contributed by atoms with E-state index in [1.165, 1.54) is 64.2 Å². The number of Topliss-reactive ketones (excluding diaryl/α,β-unsaturated/α-hetero) is 1. The SMILES string of the molecule is CC(=O)[C@H]1CC[C@H]2[C@@H]3CC[C@H]4CCCC[C@]4(C)C3CC[C@]12C.NC(=O)O.[HH].[HH].[W].[Y]. The van der Waals surface area contributed by atoms with Crippen molar-refractivity contribution in [2.24, 2.45) is 46.2 Å². The van der Waals surface area contributed by atoms with Crippen LogP contribution in [0.4, 0.5) is 4.79 Å². The molecule has 0 saturated heterocycles. The Morgan fingerprint density at radius 2 is 1.54 bits per heavy atom. The van der Waals surface area contributed by atoms with E-state index in [0.717, 1.165) is 23.7 Å².